The number of hydrogen-bond donors (Lipinski definition) is 1. The van der Waals surface area contributed by atoms with Crippen molar-refractivity contribution in [1.82, 2.24) is 20.0 Å². The summed E-state index contributed by atoms with van der Waals surface area (Å²) >= 11 is 0. The first-order valence-corrected chi connectivity index (χ1v) is 7.95. The molecule has 0 radical (unpaired) electrons. The minimum Gasteiger partial charge on any atom is -0.337 e. The molecule has 1 aromatic carbocycles. The van der Waals surface area contributed by atoms with Gasteiger partial charge in [-0.3, -0.25) is 9.48 Å². The third-order valence-electron chi connectivity index (χ3n) is 4.36. The Kier molecular flexibility index (Phi) is 4.62. The number of amides is 1. The third-order valence-corrected chi connectivity index (χ3v) is 4.36. The first kappa shape index (κ1) is 16.6. The predicted molar refractivity (Wildman–Crippen MR) is 86.5 cm³/mol. The topological polar surface area (TPSA) is 50.2 Å². The average Bonchev–Trinajstić information content (AvgIpc) is 2.95. The van der Waals surface area contributed by atoms with Crippen LogP contribution in [0.5, 0.6) is 0 Å². The zero-order chi connectivity index (χ0) is 17.3. The van der Waals surface area contributed by atoms with Crippen LogP contribution in [0.25, 0.3) is 11.3 Å². The molecule has 1 fully saturated rings. The molecule has 0 bridgehead atoms. The molecule has 2 heterocycles. The van der Waals surface area contributed by atoms with Crippen molar-refractivity contribution in [2.75, 3.05) is 20.1 Å². The van der Waals surface area contributed by atoms with E-state index in [9.17, 15) is 13.6 Å². The molecule has 1 N–H and O–H groups in total. The zero-order valence-electron chi connectivity index (χ0n) is 13.7. The number of hydrogen-bond acceptors (Lipinski definition) is 3. The number of carbonyl (C=O) groups is 1. The van der Waals surface area contributed by atoms with Crippen LogP contribution in [0.15, 0.2) is 24.4 Å². The molecular weight excluding hydrogens is 314 g/mol. The standard InChI is InChI=1S/C17H20F2N4O/c1-20-12-4-3-7-23(9-12)17(24)14-10-22(2)21-16(14)13-6-5-11(18)8-15(13)19/h5-6,8,10,12,20H,3-4,7,9H2,1-2H3/t12-/m1/s1. The number of likely N-dealkylation sites (N-methyl/N-ethyl adjacent to an activating group) is 1. The fourth-order valence-corrected chi connectivity index (χ4v) is 3.09. The summed E-state index contributed by atoms with van der Waals surface area (Å²) in [7, 11) is 3.55. The Hall–Kier alpha value is -2.28. The van der Waals surface area contributed by atoms with Crippen LogP contribution in [0.3, 0.4) is 0 Å². The molecule has 128 valence electrons. The second-order valence-corrected chi connectivity index (χ2v) is 6.07. The van der Waals surface area contributed by atoms with E-state index in [0.29, 0.717) is 18.7 Å². The highest BCUT2D eigenvalue weighted by atomic mass is 19.1. The quantitative estimate of drug-likeness (QED) is 0.936. The molecular formula is C17H20F2N4O. The molecule has 1 amide bonds. The summed E-state index contributed by atoms with van der Waals surface area (Å²) in [5.41, 5.74) is 0.703. The van der Waals surface area contributed by atoms with Gasteiger partial charge < -0.3 is 10.2 Å². The Morgan fingerprint density at radius 1 is 1.38 bits per heavy atom. The number of rotatable bonds is 3. The largest absolute Gasteiger partial charge is 0.337 e. The number of nitrogens with one attached hydrogen (secondary N) is 1. The van der Waals surface area contributed by atoms with Crippen molar-refractivity contribution in [3.63, 3.8) is 0 Å². The Balaban J connectivity index is 1.95. The highest BCUT2D eigenvalue weighted by Gasteiger charge is 2.27. The van der Waals surface area contributed by atoms with Gasteiger partial charge >= 0.3 is 0 Å². The van der Waals surface area contributed by atoms with Crippen molar-refractivity contribution >= 4 is 5.91 Å². The molecule has 0 spiro atoms. The van der Waals surface area contributed by atoms with Gasteiger partial charge in [-0.25, -0.2) is 8.78 Å². The number of halogens is 2. The monoisotopic (exact) mass is 334 g/mol. The maximum Gasteiger partial charge on any atom is 0.257 e. The predicted octanol–water partition coefficient (Wildman–Crippen LogP) is 2.19. The molecule has 1 saturated heterocycles. The van der Waals surface area contributed by atoms with Crippen molar-refractivity contribution in [2.24, 2.45) is 7.05 Å². The number of piperidine rings is 1. The van der Waals surface area contributed by atoms with Crippen molar-refractivity contribution in [1.29, 1.82) is 0 Å². The zero-order valence-corrected chi connectivity index (χ0v) is 13.7. The summed E-state index contributed by atoms with van der Waals surface area (Å²) in [6, 6.07) is 3.54. The van der Waals surface area contributed by atoms with Crippen LogP contribution in [0, 0.1) is 11.6 Å². The first-order valence-electron chi connectivity index (χ1n) is 7.95. The van der Waals surface area contributed by atoms with Crippen molar-refractivity contribution < 1.29 is 13.6 Å². The van der Waals surface area contributed by atoms with Gasteiger partial charge in [0.15, 0.2) is 0 Å². The SMILES string of the molecule is CN[C@@H]1CCCN(C(=O)c2cn(C)nc2-c2ccc(F)cc2F)C1. The summed E-state index contributed by atoms with van der Waals surface area (Å²) in [6.45, 7) is 1.27. The number of carbonyl (C=O) groups excluding carboxylic acids is 1. The number of aryl methyl sites for hydroxylation is 1. The third kappa shape index (κ3) is 3.17. The minimum atomic E-state index is -0.727. The van der Waals surface area contributed by atoms with Crippen LogP contribution in [-0.4, -0.2) is 46.8 Å². The molecule has 1 atom stereocenters. The van der Waals surface area contributed by atoms with E-state index in [0.717, 1.165) is 18.9 Å². The smallest absolute Gasteiger partial charge is 0.257 e. The van der Waals surface area contributed by atoms with Gasteiger partial charge in [-0.1, -0.05) is 0 Å². The van der Waals surface area contributed by atoms with Crippen molar-refractivity contribution in [2.45, 2.75) is 18.9 Å². The summed E-state index contributed by atoms with van der Waals surface area (Å²) < 4.78 is 28.8. The van der Waals surface area contributed by atoms with E-state index in [1.807, 2.05) is 7.05 Å². The molecule has 2 aromatic rings. The van der Waals surface area contributed by atoms with Crippen LogP contribution in [0.2, 0.25) is 0 Å². The lowest BCUT2D eigenvalue weighted by molar-refractivity contribution is 0.0699. The molecule has 7 heteroatoms. The fourth-order valence-electron chi connectivity index (χ4n) is 3.09. The highest BCUT2D eigenvalue weighted by Crippen LogP contribution is 2.27. The van der Waals surface area contributed by atoms with Gasteiger partial charge in [0.05, 0.1) is 5.56 Å². The lowest BCUT2D eigenvalue weighted by Gasteiger charge is -2.32. The summed E-state index contributed by atoms with van der Waals surface area (Å²) in [4.78, 5) is 14.7. The second-order valence-electron chi connectivity index (χ2n) is 6.07. The molecule has 0 unspecified atom stereocenters. The lowest BCUT2D eigenvalue weighted by atomic mass is 10.0. The fraction of sp³-hybridized carbons (Fsp3) is 0.412. The number of nitrogens with zero attached hydrogens (tertiary/aromatic N) is 3. The number of benzene rings is 1. The molecule has 1 aliphatic heterocycles. The molecule has 3 rings (SSSR count). The second kappa shape index (κ2) is 6.68. The molecule has 1 aromatic heterocycles. The van der Waals surface area contributed by atoms with Gasteiger partial charge in [0.1, 0.15) is 17.3 Å². The average molecular weight is 334 g/mol. The molecule has 24 heavy (non-hydrogen) atoms. The van der Waals surface area contributed by atoms with Gasteiger partial charge in [-0.15, -0.1) is 0 Å². The van der Waals surface area contributed by atoms with Crippen LogP contribution in [0.1, 0.15) is 23.2 Å². The van der Waals surface area contributed by atoms with E-state index in [1.54, 1.807) is 18.1 Å². The van der Waals surface area contributed by atoms with E-state index in [1.165, 1.54) is 16.8 Å². The lowest BCUT2D eigenvalue weighted by Crippen LogP contribution is -2.47. The van der Waals surface area contributed by atoms with Gasteiger partial charge in [0.25, 0.3) is 5.91 Å². The molecule has 5 nitrogen and oxygen atoms in total. The van der Waals surface area contributed by atoms with Gasteiger partial charge in [-0.2, -0.15) is 5.10 Å². The summed E-state index contributed by atoms with van der Waals surface area (Å²) in [5, 5.41) is 7.41. The Labute approximate surface area is 139 Å². The Morgan fingerprint density at radius 3 is 2.88 bits per heavy atom. The highest BCUT2D eigenvalue weighted by molar-refractivity contribution is 6.00. The maximum atomic E-state index is 14.1. The molecule has 0 aliphatic carbocycles. The van der Waals surface area contributed by atoms with Gasteiger partial charge in [0, 0.05) is 44.0 Å². The van der Waals surface area contributed by atoms with E-state index < -0.39 is 11.6 Å². The summed E-state index contributed by atoms with van der Waals surface area (Å²) in [5.74, 6) is -1.57. The van der Waals surface area contributed by atoms with Crippen molar-refractivity contribution in [3.8, 4) is 11.3 Å². The van der Waals surface area contributed by atoms with E-state index in [4.69, 9.17) is 0 Å². The van der Waals surface area contributed by atoms with Crippen LogP contribution in [0.4, 0.5) is 8.78 Å². The Morgan fingerprint density at radius 2 is 2.17 bits per heavy atom. The minimum absolute atomic E-state index is 0.127. The van der Waals surface area contributed by atoms with Gasteiger partial charge in [0.2, 0.25) is 0 Å². The number of aromatic nitrogens is 2. The van der Waals surface area contributed by atoms with Crippen LogP contribution >= 0.6 is 0 Å². The van der Waals surface area contributed by atoms with E-state index in [-0.39, 0.29) is 23.2 Å². The maximum absolute atomic E-state index is 14.1. The number of likely N-dealkylation sites (tertiary alicyclic amines) is 1. The van der Waals surface area contributed by atoms with E-state index >= 15 is 0 Å². The van der Waals surface area contributed by atoms with Crippen LogP contribution in [-0.2, 0) is 7.05 Å². The van der Waals surface area contributed by atoms with Gasteiger partial charge in [-0.05, 0) is 32.0 Å². The molecule has 0 saturated carbocycles. The van der Waals surface area contributed by atoms with E-state index in [2.05, 4.69) is 10.4 Å². The summed E-state index contributed by atoms with van der Waals surface area (Å²) in [6.07, 6.45) is 3.52. The first-order chi connectivity index (χ1) is 11.5. The normalized spacial score (nSPS) is 18.0. The Bertz CT molecular complexity index is 759. The molecule has 1 aliphatic rings. The van der Waals surface area contributed by atoms with Crippen molar-refractivity contribution in [3.05, 3.63) is 41.6 Å². The van der Waals surface area contributed by atoms with Crippen LogP contribution < -0.4 is 5.32 Å².